The minimum Gasteiger partial charge on any atom is -0.271 e. The van der Waals surface area contributed by atoms with Crippen molar-refractivity contribution in [2.24, 2.45) is 17.7 Å². The molecule has 0 amide bonds. The second-order valence-electron chi connectivity index (χ2n) is 5.73. The van der Waals surface area contributed by atoms with Crippen LogP contribution >= 0.6 is 0 Å². The largest absolute Gasteiger partial charge is 0.271 e. The molecule has 1 aliphatic carbocycles. The Morgan fingerprint density at radius 1 is 1.26 bits per heavy atom. The Morgan fingerprint density at radius 2 is 1.95 bits per heavy atom. The van der Waals surface area contributed by atoms with E-state index in [1.54, 1.807) is 0 Å². The Labute approximate surface area is 113 Å². The summed E-state index contributed by atoms with van der Waals surface area (Å²) in [4.78, 5) is 0. The molecular weight excluding hydrogens is 246 g/mol. The number of rotatable bonds is 4. The summed E-state index contributed by atoms with van der Waals surface area (Å²) < 4.78 is 26.8. The van der Waals surface area contributed by atoms with Gasteiger partial charge < -0.3 is 0 Å². The van der Waals surface area contributed by atoms with Crippen LogP contribution in [-0.2, 0) is 6.42 Å². The van der Waals surface area contributed by atoms with Gasteiger partial charge in [0, 0.05) is 6.04 Å². The van der Waals surface area contributed by atoms with Crippen LogP contribution in [0.5, 0.6) is 0 Å². The van der Waals surface area contributed by atoms with Crippen molar-refractivity contribution >= 4 is 0 Å². The molecule has 0 saturated heterocycles. The highest BCUT2D eigenvalue weighted by Gasteiger charge is 2.26. The molecule has 1 atom stereocenters. The molecule has 3 N–H and O–H groups in total. The molecule has 0 aromatic heterocycles. The highest BCUT2D eigenvalue weighted by molar-refractivity contribution is 5.20. The number of benzene rings is 1. The number of hydrogen-bond donors (Lipinski definition) is 2. The molecule has 4 heteroatoms. The SMILES string of the molecule is CC1CCC(C(Cc2cc(F)ccc2F)NN)CC1. The zero-order chi connectivity index (χ0) is 13.8. The predicted molar refractivity (Wildman–Crippen MR) is 72.3 cm³/mol. The molecule has 1 aliphatic rings. The Bertz CT molecular complexity index is 415. The second kappa shape index (κ2) is 6.44. The highest BCUT2D eigenvalue weighted by Crippen LogP contribution is 2.31. The van der Waals surface area contributed by atoms with Crippen LogP contribution in [0.3, 0.4) is 0 Å². The Kier molecular flexibility index (Phi) is 4.88. The maximum Gasteiger partial charge on any atom is 0.126 e. The van der Waals surface area contributed by atoms with Crippen LogP contribution < -0.4 is 11.3 Å². The molecule has 0 heterocycles. The van der Waals surface area contributed by atoms with Crippen LogP contribution in [0.1, 0.15) is 38.2 Å². The number of halogens is 2. The first-order chi connectivity index (χ1) is 9.10. The van der Waals surface area contributed by atoms with Gasteiger partial charge in [0.05, 0.1) is 0 Å². The van der Waals surface area contributed by atoms with E-state index in [4.69, 9.17) is 5.84 Å². The number of hydrazine groups is 1. The zero-order valence-corrected chi connectivity index (χ0v) is 11.3. The molecule has 2 nitrogen and oxygen atoms in total. The number of nitrogens with two attached hydrogens (primary N) is 1. The topological polar surface area (TPSA) is 38.0 Å². The summed E-state index contributed by atoms with van der Waals surface area (Å²) >= 11 is 0. The van der Waals surface area contributed by atoms with Gasteiger partial charge in [-0.2, -0.15) is 0 Å². The Morgan fingerprint density at radius 3 is 2.58 bits per heavy atom. The molecule has 0 bridgehead atoms. The predicted octanol–water partition coefficient (Wildman–Crippen LogP) is 3.17. The molecule has 19 heavy (non-hydrogen) atoms. The molecule has 1 saturated carbocycles. The number of nitrogens with one attached hydrogen (secondary N) is 1. The van der Waals surface area contributed by atoms with E-state index >= 15 is 0 Å². The van der Waals surface area contributed by atoms with E-state index < -0.39 is 5.82 Å². The Balaban J connectivity index is 2.04. The Hall–Kier alpha value is -1.00. The van der Waals surface area contributed by atoms with Crippen molar-refractivity contribution in [2.45, 2.75) is 45.1 Å². The first kappa shape index (κ1) is 14.4. The number of hydrogen-bond acceptors (Lipinski definition) is 2. The fourth-order valence-corrected chi connectivity index (χ4v) is 2.99. The summed E-state index contributed by atoms with van der Waals surface area (Å²) in [5, 5.41) is 0. The molecule has 0 radical (unpaired) electrons. The summed E-state index contributed by atoms with van der Waals surface area (Å²) in [7, 11) is 0. The van der Waals surface area contributed by atoms with E-state index in [9.17, 15) is 8.78 Å². The van der Waals surface area contributed by atoms with Gasteiger partial charge in [-0.1, -0.05) is 19.8 Å². The van der Waals surface area contributed by atoms with E-state index in [1.165, 1.54) is 25.0 Å². The van der Waals surface area contributed by atoms with Gasteiger partial charge in [0.1, 0.15) is 11.6 Å². The van der Waals surface area contributed by atoms with Crippen molar-refractivity contribution in [1.82, 2.24) is 5.43 Å². The third-order valence-electron chi connectivity index (χ3n) is 4.29. The highest BCUT2D eigenvalue weighted by atomic mass is 19.1. The quantitative estimate of drug-likeness (QED) is 0.650. The third kappa shape index (κ3) is 3.74. The zero-order valence-electron chi connectivity index (χ0n) is 11.3. The van der Waals surface area contributed by atoms with Crippen molar-refractivity contribution in [3.63, 3.8) is 0 Å². The van der Waals surface area contributed by atoms with E-state index in [-0.39, 0.29) is 11.9 Å². The summed E-state index contributed by atoms with van der Waals surface area (Å²) in [6.07, 6.45) is 5.03. The molecule has 1 aromatic rings. The van der Waals surface area contributed by atoms with Crippen LogP contribution in [0.25, 0.3) is 0 Å². The lowest BCUT2D eigenvalue weighted by Crippen LogP contribution is -2.43. The standard InChI is InChI=1S/C15H22F2N2/c1-10-2-4-11(5-3-10)15(19-18)9-12-8-13(16)6-7-14(12)17/h6-8,10-11,15,19H,2-5,9,18H2,1H3. The van der Waals surface area contributed by atoms with Crippen LogP contribution in [0.4, 0.5) is 8.78 Å². The molecule has 0 spiro atoms. The lowest BCUT2D eigenvalue weighted by atomic mass is 9.78. The molecule has 0 aliphatic heterocycles. The van der Waals surface area contributed by atoms with Crippen LogP contribution in [0, 0.1) is 23.5 Å². The van der Waals surface area contributed by atoms with Crippen molar-refractivity contribution in [3.8, 4) is 0 Å². The van der Waals surface area contributed by atoms with E-state index in [0.717, 1.165) is 24.8 Å². The van der Waals surface area contributed by atoms with Crippen molar-refractivity contribution in [1.29, 1.82) is 0 Å². The maximum atomic E-state index is 13.7. The molecule has 1 fully saturated rings. The third-order valence-corrected chi connectivity index (χ3v) is 4.29. The van der Waals surface area contributed by atoms with E-state index in [0.29, 0.717) is 17.9 Å². The molecule has 1 unspecified atom stereocenters. The van der Waals surface area contributed by atoms with Crippen molar-refractivity contribution in [2.75, 3.05) is 0 Å². The molecule has 2 rings (SSSR count). The first-order valence-corrected chi connectivity index (χ1v) is 7.00. The smallest absolute Gasteiger partial charge is 0.126 e. The lowest BCUT2D eigenvalue weighted by molar-refractivity contribution is 0.228. The second-order valence-corrected chi connectivity index (χ2v) is 5.73. The first-order valence-electron chi connectivity index (χ1n) is 7.00. The maximum absolute atomic E-state index is 13.7. The van der Waals surface area contributed by atoms with Gasteiger partial charge in [-0.05, 0) is 54.9 Å². The minimum atomic E-state index is -0.399. The van der Waals surface area contributed by atoms with E-state index in [2.05, 4.69) is 12.3 Å². The van der Waals surface area contributed by atoms with Crippen LogP contribution in [0.2, 0.25) is 0 Å². The molecule has 106 valence electrons. The normalized spacial score (nSPS) is 25.3. The lowest BCUT2D eigenvalue weighted by Gasteiger charge is -2.32. The minimum absolute atomic E-state index is 0.0174. The summed E-state index contributed by atoms with van der Waals surface area (Å²) in [6.45, 7) is 2.26. The van der Waals surface area contributed by atoms with Crippen LogP contribution in [-0.4, -0.2) is 6.04 Å². The van der Waals surface area contributed by atoms with Crippen LogP contribution in [0.15, 0.2) is 18.2 Å². The van der Waals surface area contributed by atoms with Gasteiger partial charge in [0.25, 0.3) is 0 Å². The van der Waals surface area contributed by atoms with Crippen molar-refractivity contribution < 1.29 is 8.78 Å². The summed E-state index contributed by atoms with van der Waals surface area (Å²) in [5.74, 6) is 6.07. The van der Waals surface area contributed by atoms with Crippen molar-refractivity contribution in [3.05, 3.63) is 35.4 Å². The molecular formula is C15H22F2N2. The van der Waals surface area contributed by atoms with Gasteiger partial charge >= 0.3 is 0 Å². The summed E-state index contributed by atoms with van der Waals surface area (Å²) in [6, 6.07) is 3.61. The van der Waals surface area contributed by atoms with Gasteiger partial charge in [-0.25, -0.2) is 8.78 Å². The van der Waals surface area contributed by atoms with Gasteiger partial charge in [-0.15, -0.1) is 0 Å². The summed E-state index contributed by atoms with van der Waals surface area (Å²) in [5.41, 5.74) is 3.20. The molecule has 1 aromatic carbocycles. The fraction of sp³-hybridized carbons (Fsp3) is 0.600. The van der Waals surface area contributed by atoms with Gasteiger partial charge in [-0.3, -0.25) is 11.3 Å². The van der Waals surface area contributed by atoms with Gasteiger partial charge in [0.15, 0.2) is 0 Å². The average Bonchev–Trinajstić information content (AvgIpc) is 2.41. The average molecular weight is 268 g/mol. The monoisotopic (exact) mass is 268 g/mol. The van der Waals surface area contributed by atoms with E-state index in [1.807, 2.05) is 0 Å². The van der Waals surface area contributed by atoms with Gasteiger partial charge in [0.2, 0.25) is 0 Å². The fourth-order valence-electron chi connectivity index (χ4n) is 2.99.